The number of aromatic nitrogens is 2. The lowest BCUT2D eigenvalue weighted by Gasteiger charge is -2.08. The van der Waals surface area contributed by atoms with Crippen molar-refractivity contribution in [3.8, 4) is 5.69 Å². The van der Waals surface area contributed by atoms with Gasteiger partial charge in [-0.15, -0.1) is 0 Å². The minimum Gasteiger partial charge on any atom is -0.354 e. The molecule has 6 rings (SSSR count). The van der Waals surface area contributed by atoms with E-state index in [9.17, 15) is 0 Å². The van der Waals surface area contributed by atoms with Gasteiger partial charge in [0.15, 0.2) is 0 Å². The van der Waals surface area contributed by atoms with Crippen molar-refractivity contribution in [2.45, 2.75) is 0 Å². The lowest BCUT2D eigenvalue weighted by Crippen LogP contribution is -1.93. The Morgan fingerprint density at radius 1 is 0.679 bits per heavy atom. The second-order valence-electron chi connectivity index (χ2n) is 7.20. The van der Waals surface area contributed by atoms with Crippen LogP contribution in [0, 0.1) is 0 Å². The molecule has 132 valence electrons. The number of nitrogens with zero attached hydrogens (tertiary/aromatic N) is 1. The SMILES string of the molecule is C=Cc1ccc(-n2c3ccccc3c3c4[nH]c5ccccc5c4ccc32)cc1. The maximum absolute atomic E-state index is 3.87. The third-order valence-electron chi connectivity index (χ3n) is 5.70. The van der Waals surface area contributed by atoms with Gasteiger partial charge in [-0.25, -0.2) is 0 Å². The third-order valence-corrected chi connectivity index (χ3v) is 5.70. The molecule has 0 spiro atoms. The predicted octanol–water partition coefficient (Wildman–Crippen LogP) is 7.06. The van der Waals surface area contributed by atoms with Gasteiger partial charge in [0.25, 0.3) is 0 Å². The molecule has 1 N–H and O–H groups in total. The summed E-state index contributed by atoms with van der Waals surface area (Å²) in [5, 5.41) is 5.08. The van der Waals surface area contributed by atoms with Gasteiger partial charge >= 0.3 is 0 Å². The first-order valence-corrected chi connectivity index (χ1v) is 9.50. The van der Waals surface area contributed by atoms with E-state index in [4.69, 9.17) is 0 Å². The van der Waals surface area contributed by atoms with E-state index < -0.39 is 0 Å². The Bertz CT molecular complexity index is 1510. The highest BCUT2D eigenvalue weighted by Crippen LogP contribution is 2.38. The highest BCUT2D eigenvalue weighted by molar-refractivity contribution is 6.25. The number of nitrogens with one attached hydrogen (secondary N) is 1. The van der Waals surface area contributed by atoms with Gasteiger partial charge in [-0.05, 0) is 35.9 Å². The molecular weight excluding hydrogens is 340 g/mol. The summed E-state index contributed by atoms with van der Waals surface area (Å²) in [7, 11) is 0. The van der Waals surface area contributed by atoms with E-state index in [1.807, 2.05) is 6.08 Å². The number of benzene rings is 4. The van der Waals surface area contributed by atoms with Crippen LogP contribution in [0.3, 0.4) is 0 Å². The molecule has 0 aliphatic heterocycles. The molecule has 0 saturated heterocycles. The fourth-order valence-electron chi connectivity index (χ4n) is 4.41. The summed E-state index contributed by atoms with van der Waals surface area (Å²) in [6, 6.07) is 30.2. The first-order chi connectivity index (χ1) is 13.8. The van der Waals surface area contributed by atoms with Crippen molar-refractivity contribution < 1.29 is 0 Å². The lowest BCUT2D eigenvalue weighted by molar-refractivity contribution is 1.18. The van der Waals surface area contributed by atoms with E-state index in [0.717, 1.165) is 11.3 Å². The monoisotopic (exact) mass is 358 g/mol. The van der Waals surface area contributed by atoms with Crippen LogP contribution in [-0.2, 0) is 0 Å². The first-order valence-electron chi connectivity index (χ1n) is 9.50. The summed E-state index contributed by atoms with van der Waals surface area (Å²) in [4.78, 5) is 3.67. The number of hydrogen-bond donors (Lipinski definition) is 1. The number of para-hydroxylation sites is 2. The zero-order valence-corrected chi connectivity index (χ0v) is 15.3. The van der Waals surface area contributed by atoms with Gasteiger partial charge in [0.1, 0.15) is 0 Å². The van der Waals surface area contributed by atoms with Gasteiger partial charge in [-0.2, -0.15) is 0 Å². The molecule has 0 atom stereocenters. The Morgan fingerprint density at radius 2 is 1.43 bits per heavy atom. The fraction of sp³-hybridized carbons (Fsp3) is 0. The highest BCUT2D eigenvalue weighted by atomic mass is 15.0. The topological polar surface area (TPSA) is 20.7 Å². The Hall–Kier alpha value is -3.78. The molecular formula is C26H18N2. The summed E-state index contributed by atoms with van der Waals surface area (Å²) in [5.74, 6) is 0. The number of rotatable bonds is 2. The zero-order chi connectivity index (χ0) is 18.7. The Kier molecular flexibility index (Phi) is 3.06. The maximum atomic E-state index is 3.87. The van der Waals surface area contributed by atoms with Gasteiger partial charge in [0.05, 0.1) is 16.6 Å². The van der Waals surface area contributed by atoms with Crippen LogP contribution in [0.15, 0.2) is 91.5 Å². The summed E-state index contributed by atoms with van der Waals surface area (Å²) in [5.41, 5.74) is 7.10. The molecule has 2 aromatic heterocycles. The zero-order valence-electron chi connectivity index (χ0n) is 15.3. The number of fused-ring (bicyclic) bond motifs is 7. The van der Waals surface area contributed by atoms with Crippen molar-refractivity contribution in [2.24, 2.45) is 0 Å². The molecule has 0 unspecified atom stereocenters. The quantitative estimate of drug-likeness (QED) is 0.342. The molecule has 0 saturated carbocycles. The number of aromatic amines is 1. The molecule has 0 radical (unpaired) electrons. The van der Waals surface area contributed by atoms with Gasteiger partial charge in [0.2, 0.25) is 0 Å². The summed E-state index contributed by atoms with van der Waals surface area (Å²) < 4.78 is 2.35. The molecule has 0 fully saturated rings. The van der Waals surface area contributed by atoms with E-state index in [1.165, 1.54) is 43.6 Å². The molecule has 0 aliphatic rings. The molecule has 2 nitrogen and oxygen atoms in total. The summed E-state index contributed by atoms with van der Waals surface area (Å²) in [6.45, 7) is 3.87. The molecule has 0 amide bonds. The second kappa shape index (κ2) is 5.61. The van der Waals surface area contributed by atoms with Crippen LogP contribution in [0.25, 0.3) is 55.4 Å². The van der Waals surface area contributed by atoms with Crippen molar-refractivity contribution in [1.29, 1.82) is 0 Å². The minimum atomic E-state index is 1.13. The van der Waals surface area contributed by atoms with E-state index in [1.54, 1.807) is 0 Å². The van der Waals surface area contributed by atoms with Crippen LogP contribution in [-0.4, -0.2) is 9.55 Å². The second-order valence-corrected chi connectivity index (χ2v) is 7.20. The van der Waals surface area contributed by atoms with Crippen LogP contribution in [0.4, 0.5) is 0 Å². The molecule has 28 heavy (non-hydrogen) atoms. The fourth-order valence-corrected chi connectivity index (χ4v) is 4.41. The van der Waals surface area contributed by atoms with Crippen molar-refractivity contribution in [1.82, 2.24) is 9.55 Å². The Balaban J connectivity index is 1.81. The van der Waals surface area contributed by atoms with E-state index in [2.05, 4.69) is 101 Å². The van der Waals surface area contributed by atoms with E-state index in [0.29, 0.717) is 0 Å². The van der Waals surface area contributed by atoms with Crippen molar-refractivity contribution in [2.75, 3.05) is 0 Å². The van der Waals surface area contributed by atoms with Gasteiger partial charge in [-0.3, -0.25) is 0 Å². The van der Waals surface area contributed by atoms with Crippen LogP contribution >= 0.6 is 0 Å². The van der Waals surface area contributed by atoms with Crippen molar-refractivity contribution in [3.05, 3.63) is 97.1 Å². The van der Waals surface area contributed by atoms with Crippen LogP contribution < -0.4 is 0 Å². The Labute approximate surface area is 162 Å². The van der Waals surface area contributed by atoms with Crippen LogP contribution in [0.1, 0.15) is 5.56 Å². The van der Waals surface area contributed by atoms with Gasteiger partial charge in [-0.1, -0.05) is 67.3 Å². The highest BCUT2D eigenvalue weighted by Gasteiger charge is 2.16. The molecule has 6 aromatic rings. The summed E-state index contributed by atoms with van der Waals surface area (Å²) in [6.07, 6.45) is 1.88. The maximum Gasteiger partial charge on any atom is 0.0566 e. The molecule has 2 heterocycles. The molecule has 0 bridgehead atoms. The van der Waals surface area contributed by atoms with Crippen LogP contribution in [0.2, 0.25) is 0 Å². The molecule has 0 aliphatic carbocycles. The van der Waals surface area contributed by atoms with Crippen LogP contribution in [0.5, 0.6) is 0 Å². The predicted molar refractivity (Wildman–Crippen MR) is 120 cm³/mol. The van der Waals surface area contributed by atoms with Gasteiger partial charge in [0, 0.05) is 32.7 Å². The molecule has 2 heteroatoms. The number of H-pyrrole nitrogens is 1. The Morgan fingerprint density at radius 3 is 2.25 bits per heavy atom. The standard InChI is InChI=1S/C26H18N2/c1-2-17-11-13-18(14-12-17)28-23-10-6-4-8-21(23)25-24(28)16-15-20-19-7-3-5-9-22(19)27-26(20)25/h2-16,27H,1H2. The minimum absolute atomic E-state index is 1.13. The van der Waals surface area contributed by atoms with Crippen molar-refractivity contribution in [3.63, 3.8) is 0 Å². The lowest BCUT2D eigenvalue weighted by atomic mass is 10.1. The molecule has 4 aromatic carbocycles. The van der Waals surface area contributed by atoms with Crippen molar-refractivity contribution >= 4 is 49.7 Å². The smallest absolute Gasteiger partial charge is 0.0566 e. The summed E-state index contributed by atoms with van der Waals surface area (Å²) >= 11 is 0. The normalized spacial score (nSPS) is 11.7. The average molecular weight is 358 g/mol. The average Bonchev–Trinajstić information content (AvgIpc) is 3.29. The third kappa shape index (κ3) is 1.97. The number of hydrogen-bond acceptors (Lipinski definition) is 0. The first kappa shape index (κ1) is 15.3. The van der Waals surface area contributed by atoms with Gasteiger partial charge < -0.3 is 9.55 Å². The largest absolute Gasteiger partial charge is 0.354 e. The van der Waals surface area contributed by atoms with E-state index in [-0.39, 0.29) is 0 Å². The van der Waals surface area contributed by atoms with E-state index >= 15 is 0 Å².